The van der Waals surface area contributed by atoms with Gasteiger partial charge in [-0.3, -0.25) is 4.98 Å². The van der Waals surface area contributed by atoms with Gasteiger partial charge < -0.3 is 0 Å². The van der Waals surface area contributed by atoms with Gasteiger partial charge >= 0.3 is 6.18 Å². The molecule has 16 heavy (non-hydrogen) atoms. The first-order valence-electron chi connectivity index (χ1n) is 3.87. The number of rotatable bonds is 2. The quantitative estimate of drug-likeness (QED) is 0.576. The highest BCUT2D eigenvalue weighted by Crippen LogP contribution is 2.41. The lowest BCUT2D eigenvalue weighted by atomic mass is 10.1. The molecule has 0 unspecified atom stereocenters. The zero-order valence-corrected chi connectivity index (χ0v) is 8.97. The molecule has 0 aliphatic carbocycles. The van der Waals surface area contributed by atoms with Crippen molar-refractivity contribution in [3.63, 3.8) is 0 Å². The lowest BCUT2D eigenvalue weighted by Gasteiger charge is -2.15. The number of aromatic nitrogens is 1. The highest BCUT2D eigenvalue weighted by atomic mass is 35.5. The highest BCUT2D eigenvalue weighted by Gasteiger charge is 2.39. The Balaban J connectivity index is 3.55. The third kappa shape index (κ3) is 2.55. The van der Waals surface area contributed by atoms with Gasteiger partial charge in [-0.15, -0.1) is 11.6 Å². The standard InChI is InChI=1S/C8H4Cl2F5N/c9-1-4-5(7(11)12)6(8(13,14)15)3(10)2-16-4/h2,7H,1H2. The molecule has 1 heterocycles. The number of nitrogens with zero attached hydrogens (tertiary/aromatic N) is 1. The monoisotopic (exact) mass is 279 g/mol. The molecule has 8 heteroatoms. The second-order valence-corrected chi connectivity index (χ2v) is 3.45. The average Bonchev–Trinajstić information content (AvgIpc) is 2.15. The van der Waals surface area contributed by atoms with E-state index in [9.17, 15) is 22.0 Å². The van der Waals surface area contributed by atoms with Crippen LogP contribution in [0.4, 0.5) is 22.0 Å². The normalized spacial score (nSPS) is 12.2. The first-order chi connectivity index (χ1) is 7.29. The summed E-state index contributed by atoms with van der Waals surface area (Å²) in [6, 6.07) is 0. The molecule has 1 aromatic heterocycles. The Kier molecular flexibility index (Phi) is 3.96. The fourth-order valence-electron chi connectivity index (χ4n) is 1.17. The van der Waals surface area contributed by atoms with E-state index in [1.54, 1.807) is 0 Å². The maximum absolute atomic E-state index is 12.5. The molecule has 0 spiro atoms. The summed E-state index contributed by atoms with van der Waals surface area (Å²) >= 11 is 10.5. The van der Waals surface area contributed by atoms with Gasteiger partial charge in [-0.1, -0.05) is 11.6 Å². The van der Waals surface area contributed by atoms with Gasteiger partial charge in [-0.05, 0) is 0 Å². The van der Waals surface area contributed by atoms with Crippen LogP contribution in [0.2, 0.25) is 5.02 Å². The first kappa shape index (κ1) is 13.4. The van der Waals surface area contributed by atoms with E-state index in [-0.39, 0.29) is 0 Å². The van der Waals surface area contributed by atoms with Crippen molar-refractivity contribution in [2.75, 3.05) is 0 Å². The van der Waals surface area contributed by atoms with Crippen LogP contribution in [0.15, 0.2) is 6.20 Å². The fourth-order valence-corrected chi connectivity index (χ4v) is 1.64. The van der Waals surface area contributed by atoms with E-state index in [2.05, 4.69) is 4.98 Å². The smallest absolute Gasteiger partial charge is 0.258 e. The topological polar surface area (TPSA) is 12.9 Å². The Morgan fingerprint density at radius 1 is 1.31 bits per heavy atom. The highest BCUT2D eigenvalue weighted by molar-refractivity contribution is 6.31. The fraction of sp³-hybridized carbons (Fsp3) is 0.375. The summed E-state index contributed by atoms with van der Waals surface area (Å²) in [5, 5.41) is -0.864. The van der Waals surface area contributed by atoms with Crippen molar-refractivity contribution in [3.8, 4) is 0 Å². The van der Waals surface area contributed by atoms with E-state index in [1.807, 2.05) is 0 Å². The predicted molar refractivity (Wildman–Crippen MR) is 48.8 cm³/mol. The average molecular weight is 280 g/mol. The van der Waals surface area contributed by atoms with Crippen molar-refractivity contribution in [2.24, 2.45) is 0 Å². The minimum absolute atomic E-state index is 0.520. The molecule has 0 bridgehead atoms. The summed E-state index contributed by atoms with van der Waals surface area (Å²) in [6.45, 7) is 0. The van der Waals surface area contributed by atoms with Crippen LogP contribution in [0, 0.1) is 0 Å². The number of alkyl halides is 6. The number of hydrogen-bond donors (Lipinski definition) is 0. The van der Waals surface area contributed by atoms with E-state index < -0.39 is 40.3 Å². The molecule has 0 saturated carbocycles. The molecule has 1 nitrogen and oxygen atoms in total. The molecule has 0 aliphatic heterocycles. The molecule has 1 aromatic rings. The van der Waals surface area contributed by atoms with Crippen LogP contribution in [-0.4, -0.2) is 4.98 Å². The summed E-state index contributed by atoms with van der Waals surface area (Å²) in [5.41, 5.74) is -3.35. The van der Waals surface area contributed by atoms with Gasteiger partial charge in [-0.25, -0.2) is 8.78 Å². The van der Waals surface area contributed by atoms with Crippen LogP contribution in [0.5, 0.6) is 0 Å². The second kappa shape index (κ2) is 4.71. The van der Waals surface area contributed by atoms with Crippen molar-refractivity contribution in [1.82, 2.24) is 4.98 Å². The number of halogens is 7. The molecule has 90 valence electrons. The largest absolute Gasteiger partial charge is 0.418 e. The summed E-state index contributed by atoms with van der Waals surface area (Å²) in [4.78, 5) is 3.35. The maximum atomic E-state index is 12.5. The third-order valence-electron chi connectivity index (χ3n) is 1.78. The minimum atomic E-state index is -4.97. The first-order valence-corrected chi connectivity index (χ1v) is 4.78. The Labute approximate surface area is 97.2 Å². The van der Waals surface area contributed by atoms with Crippen LogP contribution in [-0.2, 0) is 12.1 Å². The summed E-state index contributed by atoms with van der Waals surface area (Å²) in [5.74, 6) is -0.542. The van der Waals surface area contributed by atoms with Gasteiger partial charge in [0.05, 0.1) is 27.7 Å². The molecule has 0 radical (unpaired) electrons. The second-order valence-electron chi connectivity index (χ2n) is 2.77. The molecule has 0 atom stereocenters. The van der Waals surface area contributed by atoms with Gasteiger partial charge in [0.1, 0.15) is 0 Å². The van der Waals surface area contributed by atoms with Gasteiger partial charge in [-0.2, -0.15) is 13.2 Å². The maximum Gasteiger partial charge on any atom is 0.418 e. The van der Waals surface area contributed by atoms with Gasteiger partial charge in [0, 0.05) is 6.20 Å². The molecular weight excluding hydrogens is 276 g/mol. The van der Waals surface area contributed by atoms with Crippen LogP contribution in [0.3, 0.4) is 0 Å². The van der Waals surface area contributed by atoms with E-state index >= 15 is 0 Å². The van der Waals surface area contributed by atoms with Gasteiger partial charge in [0.25, 0.3) is 6.43 Å². The van der Waals surface area contributed by atoms with E-state index in [0.717, 1.165) is 0 Å². The van der Waals surface area contributed by atoms with Crippen molar-refractivity contribution in [2.45, 2.75) is 18.5 Å². The van der Waals surface area contributed by atoms with Crippen molar-refractivity contribution >= 4 is 23.2 Å². The molecular formula is C8H4Cl2F5N. The summed E-state index contributed by atoms with van der Waals surface area (Å²) < 4.78 is 62.5. The lowest BCUT2D eigenvalue weighted by molar-refractivity contribution is -0.139. The number of pyridine rings is 1. The van der Waals surface area contributed by atoms with Gasteiger partial charge in [0.15, 0.2) is 0 Å². The molecule has 0 N–H and O–H groups in total. The van der Waals surface area contributed by atoms with Crippen molar-refractivity contribution in [3.05, 3.63) is 28.0 Å². The van der Waals surface area contributed by atoms with Crippen LogP contribution in [0.1, 0.15) is 23.2 Å². The van der Waals surface area contributed by atoms with E-state index in [1.165, 1.54) is 0 Å². The molecule has 0 aromatic carbocycles. The third-order valence-corrected chi connectivity index (χ3v) is 2.32. The van der Waals surface area contributed by atoms with Crippen molar-refractivity contribution in [1.29, 1.82) is 0 Å². The summed E-state index contributed by atoms with van der Waals surface area (Å²) in [7, 11) is 0. The van der Waals surface area contributed by atoms with E-state index in [0.29, 0.717) is 6.20 Å². The zero-order valence-electron chi connectivity index (χ0n) is 7.45. The zero-order chi connectivity index (χ0) is 12.5. The van der Waals surface area contributed by atoms with Crippen LogP contribution in [0.25, 0.3) is 0 Å². The molecule has 0 saturated heterocycles. The van der Waals surface area contributed by atoms with Gasteiger partial charge in [0.2, 0.25) is 0 Å². The lowest BCUT2D eigenvalue weighted by Crippen LogP contribution is -2.13. The SMILES string of the molecule is FC(F)c1c(CCl)ncc(Cl)c1C(F)(F)F. The Morgan fingerprint density at radius 2 is 1.88 bits per heavy atom. The molecule has 0 fully saturated rings. The summed E-state index contributed by atoms with van der Waals surface area (Å²) in [6.07, 6.45) is -7.64. The molecule has 1 rings (SSSR count). The van der Waals surface area contributed by atoms with Crippen molar-refractivity contribution < 1.29 is 22.0 Å². The Bertz CT molecular complexity index is 391. The molecule has 0 aliphatic rings. The van der Waals surface area contributed by atoms with Crippen LogP contribution < -0.4 is 0 Å². The number of hydrogen-bond acceptors (Lipinski definition) is 1. The Morgan fingerprint density at radius 3 is 2.25 bits per heavy atom. The Hall–Kier alpha value is -0.620. The molecule has 0 amide bonds. The minimum Gasteiger partial charge on any atom is -0.258 e. The van der Waals surface area contributed by atoms with E-state index in [4.69, 9.17) is 23.2 Å². The van der Waals surface area contributed by atoms with Crippen LogP contribution >= 0.6 is 23.2 Å². The predicted octanol–water partition coefficient (Wildman–Crippen LogP) is 4.43.